The van der Waals surface area contributed by atoms with Crippen molar-refractivity contribution >= 4 is 16.7 Å². The molecular weight excluding hydrogens is 407 g/mol. The summed E-state index contributed by atoms with van der Waals surface area (Å²) in [5.74, 6) is 1.47. The van der Waals surface area contributed by atoms with E-state index >= 15 is 0 Å². The smallest absolute Gasteiger partial charge is 0.165 e. The summed E-state index contributed by atoms with van der Waals surface area (Å²) < 4.78 is 19.1. The maximum atomic E-state index is 13.9. The highest BCUT2D eigenvalue weighted by Crippen LogP contribution is 2.33. The standard InChI is InChI=1S/C25H23FN4O2/c1-32-17-9-6-15(7-10-17)20-13-27-14-22(20)29-24-18-4-2-3-5-21(18)28-25(30-24)19-12-16(26)8-11-23(19)31/h2-12,20,22,27,31H,13-14H2,1H3,(H,28,29,30)/t20-,22?/m0/s1. The van der Waals surface area contributed by atoms with Crippen molar-refractivity contribution in [2.45, 2.75) is 12.0 Å². The number of aromatic nitrogens is 2. The lowest BCUT2D eigenvalue weighted by atomic mass is 9.94. The predicted octanol–water partition coefficient (Wildman–Crippen LogP) is 4.32. The molecule has 4 aromatic rings. The molecule has 0 aliphatic carbocycles. The molecule has 3 aromatic carbocycles. The first-order valence-corrected chi connectivity index (χ1v) is 10.5. The molecule has 6 nitrogen and oxygen atoms in total. The molecule has 1 saturated heterocycles. The highest BCUT2D eigenvalue weighted by Gasteiger charge is 2.29. The molecule has 1 aliphatic heterocycles. The first kappa shape index (κ1) is 20.2. The minimum absolute atomic E-state index is 0.0636. The number of phenolic OH excluding ortho intramolecular Hbond substituents is 1. The molecule has 7 heteroatoms. The van der Waals surface area contributed by atoms with Gasteiger partial charge >= 0.3 is 0 Å². The van der Waals surface area contributed by atoms with Crippen LogP contribution in [0.25, 0.3) is 22.3 Å². The lowest BCUT2D eigenvalue weighted by molar-refractivity contribution is 0.414. The second-order valence-electron chi connectivity index (χ2n) is 7.86. The molecule has 0 radical (unpaired) electrons. The van der Waals surface area contributed by atoms with E-state index in [1.54, 1.807) is 7.11 Å². The van der Waals surface area contributed by atoms with Crippen LogP contribution in [-0.2, 0) is 0 Å². The van der Waals surface area contributed by atoms with Crippen molar-refractivity contribution in [2.75, 3.05) is 25.5 Å². The second kappa shape index (κ2) is 8.43. The van der Waals surface area contributed by atoms with Gasteiger partial charge in [-0.15, -0.1) is 0 Å². The quantitative estimate of drug-likeness (QED) is 0.438. The summed E-state index contributed by atoms with van der Waals surface area (Å²) in [6.45, 7) is 1.61. The van der Waals surface area contributed by atoms with Gasteiger partial charge in [-0.3, -0.25) is 0 Å². The molecule has 0 bridgehead atoms. The molecule has 0 saturated carbocycles. The summed E-state index contributed by atoms with van der Waals surface area (Å²) >= 11 is 0. The summed E-state index contributed by atoms with van der Waals surface area (Å²) in [4.78, 5) is 9.27. The second-order valence-corrected chi connectivity index (χ2v) is 7.86. The summed E-state index contributed by atoms with van der Waals surface area (Å²) in [5, 5.41) is 18.2. The van der Waals surface area contributed by atoms with E-state index in [2.05, 4.69) is 27.8 Å². The Morgan fingerprint density at radius 3 is 2.66 bits per heavy atom. The van der Waals surface area contributed by atoms with Gasteiger partial charge in [0.15, 0.2) is 5.82 Å². The molecule has 0 amide bonds. The van der Waals surface area contributed by atoms with Crippen molar-refractivity contribution in [1.29, 1.82) is 0 Å². The molecule has 32 heavy (non-hydrogen) atoms. The number of halogens is 1. The van der Waals surface area contributed by atoms with Crippen LogP contribution in [0.4, 0.5) is 10.2 Å². The highest BCUT2D eigenvalue weighted by molar-refractivity contribution is 5.91. The van der Waals surface area contributed by atoms with Crippen LogP contribution >= 0.6 is 0 Å². The summed E-state index contributed by atoms with van der Waals surface area (Å²) in [6, 6.07) is 19.6. The molecule has 2 atom stereocenters. The number of anilines is 1. The Kier molecular flexibility index (Phi) is 5.33. The van der Waals surface area contributed by atoms with Crippen molar-refractivity contribution in [3.63, 3.8) is 0 Å². The Hall–Kier alpha value is -3.71. The van der Waals surface area contributed by atoms with Crippen molar-refractivity contribution in [1.82, 2.24) is 15.3 Å². The van der Waals surface area contributed by atoms with Crippen LogP contribution in [0.3, 0.4) is 0 Å². The van der Waals surface area contributed by atoms with E-state index in [9.17, 15) is 9.50 Å². The van der Waals surface area contributed by atoms with Crippen molar-refractivity contribution in [3.8, 4) is 22.9 Å². The van der Waals surface area contributed by atoms with E-state index in [0.29, 0.717) is 5.82 Å². The molecule has 2 heterocycles. The SMILES string of the molecule is COc1ccc([C@@H]2CNCC2Nc2nc(-c3cc(F)ccc3O)nc3ccccc23)cc1. The average molecular weight is 430 g/mol. The van der Waals surface area contributed by atoms with Crippen LogP contribution in [0.1, 0.15) is 11.5 Å². The van der Waals surface area contributed by atoms with E-state index in [0.717, 1.165) is 29.7 Å². The van der Waals surface area contributed by atoms with Gasteiger partial charge in [0.1, 0.15) is 23.1 Å². The number of hydrogen-bond donors (Lipinski definition) is 3. The molecule has 0 spiro atoms. The number of methoxy groups -OCH3 is 1. The highest BCUT2D eigenvalue weighted by atomic mass is 19.1. The third-order valence-corrected chi connectivity index (χ3v) is 5.88. The third-order valence-electron chi connectivity index (χ3n) is 5.88. The van der Waals surface area contributed by atoms with Gasteiger partial charge in [-0.2, -0.15) is 0 Å². The Labute approximate surface area is 185 Å². The molecule has 3 N–H and O–H groups in total. The van der Waals surface area contributed by atoms with Gasteiger partial charge < -0.3 is 20.5 Å². The van der Waals surface area contributed by atoms with Crippen LogP contribution < -0.4 is 15.4 Å². The maximum absolute atomic E-state index is 13.9. The van der Waals surface area contributed by atoms with E-state index < -0.39 is 5.82 Å². The van der Waals surface area contributed by atoms with E-state index in [1.165, 1.54) is 23.8 Å². The molecular formula is C25H23FN4O2. The van der Waals surface area contributed by atoms with Gasteiger partial charge in [-0.25, -0.2) is 14.4 Å². The number of para-hydroxylation sites is 1. The molecule has 1 fully saturated rings. The van der Waals surface area contributed by atoms with Gasteiger partial charge in [0.25, 0.3) is 0 Å². The first-order chi connectivity index (χ1) is 15.6. The lowest BCUT2D eigenvalue weighted by Crippen LogP contribution is -2.27. The Balaban J connectivity index is 1.53. The number of nitrogens with zero attached hydrogens (tertiary/aromatic N) is 2. The number of nitrogens with one attached hydrogen (secondary N) is 2. The predicted molar refractivity (Wildman–Crippen MR) is 123 cm³/mol. The topological polar surface area (TPSA) is 79.3 Å². The van der Waals surface area contributed by atoms with E-state index in [-0.39, 0.29) is 29.1 Å². The molecule has 1 unspecified atom stereocenters. The molecule has 1 aromatic heterocycles. The summed E-state index contributed by atoms with van der Waals surface area (Å²) in [7, 11) is 1.66. The fourth-order valence-corrected chi connectivity index (χ4v) is 4.20. The van der Waals surface area contributed by atoms with Crippen LogP contribution in [0.2, 0.25) is 0 Å². The van der Waals surface area contributed by atoms with Crippen molar-refractivity contribution in [2.24, 2.45) is 0 Å². The minimum Gasteiger partial charge on any atom is -0.507 e. The van der Waals surface area contributed by atoms with Gasteiger partial charge in [0.2, 0.25) is 0 Å². The number of rotatable bonds is 5. The van der Waals surface area contributed by atoms with Gasteiger partial charge in [0.05, 0.1) is 18.2 Å². The third kappa shape index (κ3) is 3.83. The number of phenols is 1. The first-order valence-electron chi connectivity index (χ1n) is 10.5. The summed E-state index contributed by atoms with van der Waals surface area (Å²) in [5.41, 5.74) is 2.18. The summed E-state index contributed by atoms with van der Waals surface area (Å²) in [6.07, 6.45) is 0. The number of ether oxygens (including phenoxy) is 1. The molecule has 5 rings (SSSR count). The Morgan fingerprint density at radius 2 is 1.84 bits per heavy atom. The van der Waals surface area contributed by atoms with Crippen molar-refractivity contribution < 1.29 is 14.2 Å². The minimum atomic E-state index is -0.455. The van der Waals surface area contributed by atoms with Crippen LogP contribution in [0.15, 0.2) is 66.7 Å². The van der Waals surface area contributed by atoms with Gasteiger partial charge in [-0.05, 0) is 48.0 Å². The fourth-order valence-electron chi connectivity index (χ4n) is 4.20. The van der Waals surface area contributed by atoms with Crippen LogP contribution in [0, 0.1) is 5.82 Å². The Bertz CT molecular complexity index is 1260. The van der Waals surface area contributed by atoms with Gasteiger partial charge in [-0.1, -0.05) is 24.3 Å². The lowest BCUT2D eigenvalue weighted by Gasteiger charge is -2.22. The zero-order chi connectivity index (χ0) is 22.1. The average Bonchev–Trinajstić information content (AvgIpc) is 3.28. The van der Waals surface area contributed by atoms with E-state index in [4.69, 9.17) is 9.72 Å². The molecule has 1 aliphatic rings. The number of benzene rings is 3. The normalized spacial score (nSPS) is 18.1. The maximum Gasteiger partial charge on any atom is 0.165 e. The van der Waals surface area contributed by atoms with Gasteiger partial charge in [0, 0.05) is 30.4 Å². The van der Waals surface area contributed by atoms with Crippen LogP contribution in [-0.4, -0.2) is 41.3 Å². The largest absolute Gasteiger partial charge is 0.507 e. The van der Waals surface area contributed by atoms with Crippen LogP contribution in [0.5, 0.6) is 11.5 Å². The van der Waals surface area contributed by atoms with Crippen molar-refractivity contribution in [3.05, 3.63) is 78.1 Å². The molecule has 162 valence electrons. The zero-order valence-corrected chi connectivity index (χ0v) is 17.5. The Morgan fingerprint density at radius 1 is 1.03 bits per heavy atom. The number of aromatic hydroxyl groups is 1. The fraction of sp³-hybridized carbons (Fsp3) is 0.200. The number of hydrogen-bond acceptors (Lipinski definition) is 6. The zero-order valence-electron chi connectivity index (χ0n) is 17.5. The monoisotopic (exact) mass is 430 g/mol. The van der Waals surface area contributed by atoms with E-state index in [1.807, 2.05) is 36.4 Å². The number of fused-ring (bicyclic) bond motifs is 1.